The first-order valence-electron chi connectivity index (χ1n) is 5.02. The second-order valence-corrected chi connectivity index (χ2v) is 3.69. The van der Waals surface area contributed by atoms with Crippen molar-refractivity contribution in [3.8, 4) is 0 Å². The third-order valence-corrected chi connectivity index (χ3v) is 2.18. The predicted molar refractivity (Wildman–Crippen MR) is 57.4 cm³/mol. The summed E-state index contributed by atoms with van der Waals surface area (Å²) in [5, 5.41) is 11.8. The Labute approximate surface area is 96.7 Å². The minimum absolute atomic E-state index is 0.0796. The van der Waals surface area contributed by atoms with Crippen LogP contribution in [0.15, 0.2) is 18.2 Å². The van der Waals surface area contributed by atoms with Crippen molar-refractivity contribution in [2.24, 2.45) is 5.73 Å². The number of aromatic nitrogens is 1. The largest absolute Gasteiger partial charge is 0.433 e. The second-order valence-electron chi connectivity index (χ2n) is 3.69. The minimum atomic E-state index is -4.47. The molecule has 4 nitrogen and oxygen atoms in total. The van der Waals surface area contributed by atoms with Crippen LogP contribution in [-0.2, 0) is 6.18 Å². The van der Waals surface area contributed by atoms with E-state index >= 15 is 0 Å². The summed E-state index contributed by atoms with van der Waals surface area (Å²) >= 11 is 0. The van der Waals surface area contributed by atoms with E-state index in [1.807, 2.05) is 0 Å². The van der Waals surface area contributed by atoms with Crippen LogP contribution in [0, 0.1) is 0 Å². The molecule has 1 rings (SSSR count). The highest BCUT2D eigenvalue weighted by atomic mass is 19.4. The fourth-order valence-electron chi connectivity index (χ4n) is 1.08. The molecule has 1 aromatic heterocycles. The van der Waals surface area contributed by atoms with Crippen molar-refractivity contribution in [1.29, 1.82) is 0 Å². The van der Waals surface area contributed by atoms with Crippen LogP contribution in [0.1, 0.15) is 12.6 Å². The zero-order valence-corrected chi connectivity index (χ0v) is 9.20. The lowest BCUT2D eigenvalue weighted by atomic mass is 10.2. The van der Waals surface area contributed by atoms with Gasteiger partial charge in [-0.25, -0.2) is 4.98 Å². The van der Waals surface area contributed by atoms with Crippen molar-refractivity contribution < 1.29 is 18.3 Å². The Hall–Kier alpha value is -1.34. The van der Waals surface area contributed by atoms with Gasteiger partial charge in [-0.1, -0.05) is 6.07 Å². The van der Waals surface area contributed by atoms with Gasteiger partial charge in [-0.2, -0.15) is 13.2 Å². The van der Waals surface area contributed by atoms with Crippen molar-refractivity contribution in [2.75, 3.05) is 11.9 Å². The molecule has 2 atom stereocenters. The normalized spacial score (nSPS) is 15.4. The molecule has 0 aliphatic carbocycles. The zero-order chi connectivity index (χ0) is 13.1. The van der Waals surface area contributed by atoms with E-state index in [2.05, 4.69) is 10.3 Å². The van der Waals surface area contributed by atoms with Crippen molar-refractivity contribution in [1.82, 2.24) is 4.98 Å². The van der Waals surface area contributed by atoms with Gasteiger partial charge in [-0.3, -0.25) is 0 Å². The quantitative estimate of drug-likeness (QED) is 0.750. The number of nitrogens with one attached hydrogen (secondary N) is 1. The average molecular weight is 249 g/mol. The first-order chi connectivity index (χ1) is 7.80. The summed E-state index contributed by atoms with van der Waals surface area (Å²) in [6, 6.07) is 2.99. The van der Waals surface area contributed by atoms with Crippen LogP contribution in [0.2, 0.25) is 0 Å². The molecule has 96 valence electrons. The highest BCUT2D eigenvalue weighted by Crippen LogP contribution is 2.28. The number of halogens is 3. The van der Waals surface area contributed by atoms with E-state index in [-0.39, 0.29) is 12.4 Å². The first-order valence-corrected chi connectivity index (χ1v) is 5.02. The summed E-state index contributed by atoms with van der Waals surface area (Å²) < 4.78 is 37.0. The molecule has 4 N–H and O–H groups in total. The number of anilines is 1. The van der Waals surface area contributed by atoms with Crippen molar-refractivity contribution >= 4 is 5.82 Å². The average Bonchev–Trinajstić information content (AvgIpc) is 2.25. The molecule has 0 radical (unpaired) electrons. The summed E-state index contributed by atoms with van der Waals surface area (Å²) in [6.07, 6.45) is -5.21. The van der Waals surface area contributed by atoms with Crippen LogP contribution >= 0.6 is 0 Å². The monoisotopic (exact) mass is 249 g/mol. The topological polar surface area (TPSA) is 71.2 Å². The lowest BCUT2D eigenvalue weighted by Gasteiger charge is -2.16. The van der Waals surface area contributed by atoms with Gasteiger partial charge in [-0.05, 0) is 19.1 Å². The molecule has 1 aromatic rings. The van der Waals surface area contributed by atoms with Gasteiger partial charge in [0.2, 0.25) is 0 Å². The van der Waals surface area contributed by atoms with Gasteiger partial charge < -0.3 is 16.2 Å². The smallest absolute Gasteiger partial charge is 0.392 e. The molecular formula is C10H14F3N3O. The number of aliphatic hydroxyl groups is 1. The summed E-state index contributed by atoms with van der Waals surface area (Å²) in [5.41, 5.74) is 4.56. The molecule has 0 bridgehead atoms. The van der Waals surface area contributed by atoms with Crippen LogP contribution in [0.5, 0.6) is 0 Å². The molecule has 0 spiro atoms. The van der Waals surface area contributed by atoms with E-state index in [4.69, 9.17) is 10.8 Å². The summed E-state index contributed by atoms with van der Waals surface area (Å²) in [7, 11) is 0. The Morgan fingerprint density at radius 2 is 2.12 bits per heavy atom. The third kappa shape index (κ3) is 4.20. The van der Waals surface area contributed by atoms with Gasteiger partial charge in [0.15, 0.2) is 0 Å². The number of hydrogen-bond donors (Lipinski definition) is 3. The van der Waals surface area contributed by atoms with Crippen LogP contribution in [0.3, 0.4) is 0 Å². The molecule has 7 heteroatoms. The fraction of sp³-hybridized carbons (Fsp3) is 0.500. The summed E-state index contributed by atoms with van der Waals surface area (Å²) in [4.78, 5) is 3.40. The molecule has 0 saturated carbocycles. The molecule has 17 heavy (non-hydrogen) atoms. The number of nitrogens with two attached hydrogens (primary N) is 1. The Bertz CT molecular complexity index is 368. The number of rotatable bonds is 4. The lowest BCUT2D eigenvalue weighted by Crippen LogP contribution is -2.38. The standard InChI is InChI=1S/C10H14F3N3O/c1-6(17)7(14)5-15-9-4-2-3-8(16-9)10(11,12)13/h2-4,6-7,17H,5,14H2,1H3,(H,15,16). The van der Waals surface area contributed by atoms with Crippen LogP contribution in [-0.4, -0.2) is 28.8 Å². The summed E-state index contributed by atoms with van der Waals surface area (Å²) in [5.74, 6) is 0.0796. The van der Waals surface area contributed by atoms with E-state index in [0.29, 0.717) is 0 Å². The van der Waals surface area contributed by atoms with E-state index in [1.54, 1.807) is 0 Å². The molecule has 2 unspecified atom stereocenters. The van der Waals surface area contributed by atoms with E-state index < -0.39 is 24.0 Å². The number of nitrogens with zero attached hydrogens (tertiary/aromatic N) is 1. The molecule has 0 saturated heterocycles. The number of pyridine rings is 1. The Morgan fingerprint density at radius 1 is 1.47 bits per heavy atom. The SMILES string of the molecule is CC(O)C(N)CNc1cccc(C(F)(F)F)n1. The van der Waals surface area contributed by atoms with Gasteiger partial charge in [0.1, 0.15) is 11.5 Å². The Balaban J connectivity index is 2.67. The van der Waals surface area contributed by atoms with Crippen molar-refractivity contribution in [3.05, 3.63) is 23.9 Å². The van der Waals surface area contributed by atoms with Gasteiger partial charge in [0, 0.05) is 12.6 Å². The maximum Gasteiger partial charge on any atom is 0.433 e. The van der Waals surface area contributed by atoms with E-state index in [0.717, 1.165) is 6.07 Å². The van der Waals surface area contributed by atoms with E-state index in [1.165, 1.54) is 19.1 Å². The van der Waals surface area contributed by atoms with Gasteiger partial charge in [0.25, 0.3) is 0 Å². The maximum absolute atomic E-state index is 12.3. The van der Waals surface area contributed by atoms with Crippen LogP contribution in [0.4, 0.5) is 19.0 Å². The molecule has 0 aliphatic heterocycles. The molecule has 0 fully saturated rings. The molecule has 1 heterocycles. The van der Waals surface area contributed by atoms with Crippen LogP contribution < -0.4 is 11.1 Å². The van der Waals surface area contributed by atoms with Gasteiger partial charge in [-0.15, -0.1) is 0 Å². The fourth-order valence-corrected chi connectivity index (χ4v) is 1.08. The Morgan fingerprint density at radius 3 is 2.65 bits per heavy atom. The zero-order valence-electron chi connectivity index (χ0n) is 9.20. The van der Waals surface area contributed by atoms with E-state index in [9.17, 15) is 13.2 Å². The minimum Gasteiger partial charge on any atom is -0.392 e. The lowest BCUT2D eigenvalue weighted by molar-refractivity contribution is -0.141. The molecule has 0 aliphatic rings. The highest BCUT2D eigenvalue weighted by Gasteiger charge is 2.32. The second kappa shape index (κ2) is 5.33. The first kappa shape index (κ1) is 13.7. The molecule has 0 amide bonds. The Kier molecular flexibility index (Phi) is 4.30. The predicted octanol–water partition coefficient (Wildman–Crippen LogP) is 1.22. The molecule has 0 aromatic carbocycles. The van der Waals surface area contributed by atoms with Crippen molar-refractivity contribution in [3.63, 3.8) is 0 Å². The highest BCUT2D eigenvalue weighted by molar-refractivity contribution is 5.36. The third-order valence-electron chi connectivity index (χ3n) is 2.18. The number of alkyl halides is 3. The van der Waals surface area contributed by atoms with Crippen LogP contribution in [0.25, 0.3) is 0 Å². The number of aliphatic hydroxyl groups excluding tert-OH is 1. The van der Waals surface area contributed by atoms with Gasteiger partial charge >= 0.3 is 6.18 Å². The van der Waals surface area contributed by atoms with Gasteiger partial charge in [0.05, 0.1) is 6.10 Å². The van der Waals surface area contributed by atoms with Crippen molar-refractivity contribution in [2.45, 2.75) is 25.2 Å². The summed E-state index contributed by atoms with van der Waals surface area (Å²) in [6.45, 7) is 1.65. The number of hydrogen-bond acceptors (Lipinski definition) is 4. The molecular weight excluding hydrogens is 235 g/mol. The maximum atomic E-state index is 12.3.